The van der Waals surface area contributed by atoms with Gasteiger partial charge in [0.2, 0.25) is 10.0 Å². The van der Waals surface area contributed by atoms with Gasteiger partial charge in [0, 0.05) is 13.1 Å². The Morgan fingerprint density at radius 1 is 1.09 bits per heavy atom. The fourth-order valence-corrected chi connectivity index (χ4v) is 3.21. The molecule has 0 spiro atoms. The van der Waals surface area contributed by atoms with E-state index in [2.05, 4.69) is 9.71 Å². The second-order valence-corrected chi connectivity index (χ2v) is 6.55. The molecule has 5 nitrogen and oxygen atoms in total. The zero-order chi connectivity index (χ0) is 15.6. The third-order valence-corrected chi connectivity index (χ3v) is 4.77. The minimum absolute atomic E-state index is 0.0457. The van der Waals surface area contributed by atoms with Crippen molar-refractivity contribution in [2.75, 3.05) is 6.54 Å². The standard InChI is InChI=1S/C15H14FN3O2S/c16-12-5-7-13(8-6-12)22(20,21)18-9-10-19-11-17-14-3-1-2-4-15(14)19/h1-8,11,18H,9-10H2. The maximum Gasteiger partial charge on any atom is 0.240 e. The molecule has 0 aliphatic rings. The highest BCUT2D eigenvalue weighted by molar-refractivity contribution is 7.89. The molecule has 0 saturated heterocycles. The van der Waals surface area contributed by atoms with Crippen LogP contribution in [0.2, 0.25) is 0 Å². The average molecular weight is 319 g/mol. The number of hydrogen-bond acceptors (Lipinski definition) is 3. The molecule has 0 atom stereocenters. The molecule has 0 aliphatic carbocycles. The normalized spacial score (nSPS) is 11.9. The van der Waals surface area contributed by atoms with Crippen molar-refractivity contribution in [3.05, 3.63) is 60.7 Å². The van der Waals surface area contributed by atoms with E-state index in [0.717, 1.165) is 23.2 Å². The van der Waals surface area contributed by atoms with Crippen molar-refractivity contribution in [1.29, 1.82) is 0 Å². The molecule has 1 heterocycles. The van der Waals surface area contributed by atoms with Gasteiger partial charge in [-0.1, -0.05) is 12.1 Å². The van der Waals surface area contributed by atoms with E-state index in [1.807, 2.05) is 28.8 Å². The third-order valence-electron chi connectivity index (χ3n) is 3.30. The predicted octanol–water partition coefficient (Wildman–Crippen LogP) is 2.15. The minimum atomic E-state index is -3.63. The minimum Gasteiger partial charge on any atom is -0.329 e. The molecule has 114 valence electrons. The van der Waals surface area contributed by atoms with Crippen LogP contribution in [0.4, 0.5) is 4.39 Å². The monoisotopic (exact) mass is 319 g/mol. The number of sulfonamides is 1. The van der Waals surface area contributed by atoms with E-state index in [1.54, 1.807) is 6.33 Å². The molecule has 0 fully saturated rings. The number of benzene rings is 2. The van der Waals surface area contributed by atoms with Gasteiger partial charge in [0.05, 0.1) is 22.3 Å². The summed E-state index contributed by atoms with van der Waals surface area (Å²) in [5.41, 5.74) is 1.81. The Morgan fingerprint density at radius 3 is 2.59 bits per heavy atom. The van der Waals surface area contributed by atoms with Crippen molar-refractivity contribution in [3.8, 4) is 0 Å². The van der Waals surface area contributed by atoms with E-state index >= 15 is 0 Å². The molecule has 3 aromatic rings. The van der Waals surface area contributed by atoms with Crippen LogP contribution in [-0.4, -0.2) is 24.5 Å². The molecule has 0 bridgehead atoms. The molecule has 2 aromatic carbocycles. The van der Waals surface area contributed by atoms with Gasteiger partial charge in [-0.15, -0.1) is 0 Å². The van der Waals surface area contributed by atoms with E-state index in [0.29, 0.717) is 6.54 Å². The first-order valence-electron chi connectivity index (χ1n) is 6.71. The summed E-state index contributed by atoms with van der Waals surface area (Å²) in [5, 5.41) is 0. The number of para-hydroxylation sites is 2. The van der Waals surface area contributed by atoms with Crippen LogP contribution in [0, 0.1) is 5.82 Å². The van der Waals surface area contributed by atoms with E-state index in [4.69, 9.17) is 0 Å². The van der Waals surface area contributed by atoms with Crippen LogP contribution in [0.25, 0.3) is 11.0 Å². The first-order chi connectivity index (χ1) is 10.6. The summed E-state index contributed by atoms with van der Waals surface area (Å²) in [6.45, 7) is 0.682. The Labute approximate surface area is 127 Å². The molecule has 3 rings (SSSR count). The number of aromatic nitrogens is 2. The lowest BCUT2D eigenvalue weighted by Gasteiger charge is -2.08. The summed E-state index contributed by atoms with van der Waals surface area (Å²) in [6.07, 6.45) is 1.68. The average Bonchev–Trinajstić information content (AvgIpc) is 2.91. The highest BCUT2D eigenvalue weighted by Crippen LogP contribution is 2.12. The highest BCUT2D eigenvalue weighted by atomic mass is 32.2. The molecule has 0 radical (unpaired) electrons. The van der Waals surface area contributed by atoms with Gasteiger partial charge in [-0.25, -0.2) is 22.5 Å². The largest absolute Gasteiger partial charge is 0.329 e. The van der Waals surface area contributed by atoms with Crippen LogP contribution in [0.5, 0.6) is 0 Å². The lowest BCUT2D eigenvalue weighted by molar-refractivity contribution is 0.573. The molecule has 7 heteroatoms. The molecule has 0 saturated carbocycles. The van der Waals surface area contributed by atoms with E-state index in [1.165, 1.54) is 12.1 Å². The van der Waals surface area contributed by atoms with E-state index in [9.17, 15) is 12.8 Å². The van der Waals surface area contributed by atoms with Gasteiger partial charge in [0.15, 0.2) is 0 Å². The summed E-state index contributed by atoms with van der Waals surface area (Å²) < 4.78 is 41.4. The van der Waals surface area contributed by atoms with Crippen LogP contribution in [0.15, 0.2) is 59.8 Å². The van der Waals surface area contributed by atoms with Crippen LogP contribution in [0.1, 0.15) is 0 Å². The molecular formula is C15H14FN3O2S. The van der Waals surface area contributed by atoms with Crippen molar-refractivity contribution in [1.82, 2.24) is 14.3 Å². The van der Waals surface area contributed by atoms with Crippen molar-refractivity contribution in [2.45, 2.75) is 11.4 Å². The summed E-state index contributed by atoms with van der Waals surface area (Å²) in [6, 6.07) is 12.4. The van der Waals surface area contributed by atoms with Crippen molar-refractivity contribution < 1.29 is 12.8 Å². The Morgan fingerprint density at radius 2 is 1.82 bits per heavy atom. The van der Waals surface area contributed by atoms with E-state index in [-0.39, 0.29) is 11.4 Å². The molecule has 22 heavy (non-hydrogen) atoms. The van der Waals surface area contributed by atoms with Gasteiger partial charge in [-0.2, -0.15) is 0 Å². The van der Waals surface area contributed by atoms with Crippen molar-refractivity contribution in [2.24, 2.45) is 0 Å². The SMILES string of the molecule is O=S(=O)(NCCn1cnc2ccccc21)c1ccc(F)cc1. The zero-order valence-electron chi connectivity index (χ0n) is 11.6. The number of rotatable bonds is 5. The topological polar surface area (TPSA) is 64.0 Å². The van der Waals surface area contributed by atoms with Gasteiger partial charge in [0.25, 0.3) is 0 Å². The maximum absolute atomic E-state index is 12.8. The van der Waals surface area contributed by atoms with Gasteiger partial charge in [0.1, 0.15) is 5.82 Å². The molecule has 1 N–H and O–H groups in total. The number of fused-ring (bicyclic) bond motifs is 1. The van der Waals surface area contributed by atoms with Crippen molar-refractivity contribution in [3.63, 3.8) is 0 Å². The fourth-order valence-electron chi connectivity index (χ4n) is 2.19. The molecule has 0 unspecified atom stereocenters. The molecular weight excluding hydrogens is 305 g/mol. The maximum atomic E-state index is 12.8. The summed E-state index contributed by atoms with van der Waals surface area (Å²) in [4.78, 5) is 4.29. The first kappa shape index (κ1) is 14.7. The predicted molar refractivity (Wildman–Crippen MR) is 81.3 cm³/mol. The second kappa shape index (κ2) is 5.86. The molecule has 1 aromatic heterocycles. The molecule has 0 aliphatic heterocycles. The first-order valence-corrected chi connectivity index (χ1v) is 8.20. The quantitative estimate of drug-likeness (QED) is 0.784. The number of hydrogen-bond donors (Lipinski definition) is 1. The fraction of sp³-hybridized carbons (Fsp3) is 0.133. The van der Waals surface area contributed by atoms with Gasteiger partial charge in [-0.3, -0.25) is 0 Å². The summed E-state index contributed by atoms with van der Waals surface area (Å²) >= 11 is 0. The Bertz CT molecular complexity index is 889. The van der Waals surface area contributed by atoms with Gasteiger partial charge < -0.3 is 4.57 Å². The summed E-state index contributed by atoms with van der Waals surface area (Å²) in [5.74, 6) is -0.469. The second-order valence-electron chi connectivity index (χ2n) is 4.78. The lowest BCUT2D eigenvalue weighted by atomic mass is 10.3. The molecule has 0 amide bonds. The number of nitrogens with one attached hydrogen (secondary N) is 1. The Hall–Kier alpha value is -2.25. The van der Waals surface area contributed by atoms with Crippen LogP contribution in [0.3, 0.4) is 0 Å². The van der Waals surface area contributed by atoms with Crippen LogP contribution in [-0.2, 0) is 16.6 Å². The number of nitrogens with zero attached hydrogens (tertiary/aromatic N) is 2. The summed E-state index contributed by atoms with van der Waals surface area (Å²) in [7, 11) is -3.63. The van der Waals surface area contributed by atoms with E-state index < -0.39 is 15.8 Å². The highest BCUT2D eigenvalue weighted by Gasteiger charge is 2.13. The van der Waals surface area contributed by atoms with Crippen molar-refractivity contribution >= 4 is 21.1 Å². The number of halogens is 1. The lowest BCUT2D eigenvalue weighted by Crippen LogP contribution is -2.27. The van der Waals surface area contributed by atoms with Crippen LogP contribution >= 0.6 is 0 Å². The zero-order valence-corrected chi connectivity index (χ0v) is 12.4. The third kappa shape index (κ3) is 3.00. The van der Waals surface area contributed by atoms with Gasteiger partial charge >= 0.3 is 0 Å². The Balaban J connectivity index is 1.68. The smallest absolute Gasteiger partial charge is 0.240 e. The number of imidazole rings is 1. The van der Waals surface area contributed by atoms with Crippen LogP contribution < -0.4 is 4.72 Å². The van der Waals surface area contributed by atoms with Gasteiger partial charge in [-0.05, 0) is 36.4 Å². The Kier molecular flexibility index (Phi) is 3.91.